The van der Waals surface area contributed by atoms with Gasteiger partial charge in [-0.3, -0.25) is 0 Å². The van der Waals surface area contributed by atoms with Gasteiger partial charge in [0, 0.05) is 11.3 Å². The lowest BCUT2D eigenvalue weighted by atomic mass is 10.2. The molecule has 2 heterocycles. The molecule has 22 heavy (non-hydrogen) atoms. The molecule has 0 aliphatic heterocycles. The zero-order chi connectivity index (χ0) is 15.5. The summed E-state index contributed by atoms with van der Waals surface area (Å²) < 4.78 is 19.5. The zero-order valence-electron chi connectivity index (χ0n) is 12.0. The van der Waals surface area contributed by atoms with Gasteiger partial charge in [-0.15, -0.1) is 10.2 Å². The third kappa shape index (κ3) is 3.28. The van der Waals surface area contributed by atoms with E-state index in [1.165, 1.54) is 17.4 Å². The first-order chi connectivity index (χ1) is 10.6. The Morgan fingerprint density at radius 2 is 2.09 bits per heavy atom. The Labute approximate surface area is 134 Å². The van der Waals surface area contributed by atoms with E-state index in [9.17, 15) is 4.39 Å². The largest absolute Gasteiger partial charge is 0.361 e. The van der Waals surface area contributed by atoms with Crippen LogP contribution in [-0.4, -0.2) is 15.4 Å². The van der Waals surface area contributed by atoms with E-state index in [4.69, 9.17) is 4.52 Å². The number of nitrogens with zero attached hydrogens (tertiary/aromatic N) is 3. The van der Waals surface area contributed by atoms with Crippen LogP contribution in [0.15, 0.2) is 33.1 Å². The smallest absolute Gasteiger partial charge is 0.210 e. The summed E-state index contributed by atoms with van der Waals surface area (Å²) in [6.45, 7) is 3.80. The maximum Gasteiger partial charge on any atom is 0.210 e. The summed E-state index contributed by atoms with van der Waals surface area (Å²) in [5.41, 5.74) is 2.35. The van der Waals surface area contributed by atoms with E-state index in [0.717, 1.165) is 27.1 Å². The molecule has 5 nitrogen and oxygen atoms in total. The maximum absolute atomic E-state index is 13.6. The van der Waals surface area contributed by atoms with Crippen LogP contribution in [0.2, 0.25) is 0 Å². The molecule has 8 heteroatoms. The van der Waals surface area contributed by atoms with Crippen LogP contribution in [-0.2, 0) is 5.75 Å². The highest BCUT2D eigenvalue weighted by Gasteiger charge is 2.12. The SMILES string of the molecule is Cc1noc(C)c1CSc1nnc(Nc2ccccc2F)s1. The summed E-state index contributed by atoms with van der Waals surface area (Å²) in [4.78, 5) is 0. The van der Waals surface area contributed by atoms with Crippen LogP contribution in [0.4, 0.5) is 15.2 Å². The number of aromatic nitrogens is 3. The van der Waals surface area contributed by atoms with E-state index in [-0.39, 0.29) is 5.82 Å². The average Bonchev–Trinajstić information content (AvgIpc) is 3.07. The highest BCUT2D eigenvalue weighted by atomic mass is 32.2. The molecule has 0 atom stereocenters. The number of hydrogen-bond donors (Lipinski definition) is 1. The number of benzene rings is 1. The van der Waals surface area contributed by atoms with E-state index < -0.39 is 0 Å². The second kappa shape index (κ2) is 6.45. The maximum atomic E-state index is 13.6. The number of nitrogens with one attached hydrogen (secondary N) is 1. The second-order valence-electron chi connectivity index (χ2n) is 4.57. The minimum atomic E-state index is -0.317. The number of aryl methyl sites for hydroxylation is 2. The van der Waals surface area contributed by atoms with Gasteiger partial charge in [0.05, 0.1) is 11.4 Å². The van der Waals surface area contributed by atoms with Gasteiger partial charge in [0.1, 0.15) is 11.6 Å². The molecule has 3 rings (SSSR count). The van der Waals surface area contributed by atoms with E-state index >= 15 is 0 Å². The standard InChI is InChI=1S/C14H13FN4OS2/c1-8-10(9(2)20-19-8)7-21-14-18-17-13(22-14)16-12-6-4-3-5-11(12)15/h3-6H,7H2,1-2H3,(H,16,17). The van der Waals surface area contributed by atoms with Crippen molar-refractivity contribution in [1.82, 2.24) is 15.4 Å². The Balaban J connectivity index is 1.66. The minimum absolute atomic E-state index is 0.317. The molecular formula is C14H13FN4OS2. The molecule has 1 N–H and O–H groups in total. The summed E-state index contributed by atoms with van der Waals surface area (Å²) in [6.07, 6.45) is 0. The second-order valence-corrected chi connectivity index (χ2v) is 6.77. The lowest BCUT2D eigenvalue weighted by molar-refractivity contribution is 0.392. The lowest BCUT2D eigenvalue weighted by Crippen LogP contribution is -1.92. The molecule has 0 unspecified atom stereocenters. The summed E-state index contributed by atoms with van der Waals surface area (Å²) in [7, 11) is 0. The van der Waals surface area contributed by atoms with Crippen LogP contribution in [0.1, 0.15) is 17.0 Å². The van der Waals surface area contributed by atoms with Gasteiger partial charge in [0.2, 0.25) is 5.13 Å². The molecule has 114 valence electrons. The third-order valence-electron chi connectivity index (χ3n) is 3.04. The molecule has 0 aliphatic carbocycles. The molecule has 0 spiro atoms. The van der Waals surface area contributed by atoms with Gasteiger partial charge < -0.3 is 9.84 Å². The number of thioether (sulfide) groups is 1. The number of anilines is 2. The van der Waals surface area contributed by atoms with Crippen LogP contribution in [0.5, 0.6) is 0 Å². The van der Waals surface area contributed by atoms with Crippen LogP contribution >= 0.6 is 23.1 Å². The first-order valence-electron chi connectivity index (χ1n) is 6.53. The van der Waals surface area contributed by atoms with Crippen molar-refractivity contribution >= 4 is 33.9 Å². The van der Waals surface area contributed by atoms with Crippen molar-refractivity contribution in [3.8, 4) is 0 Å². The van der Waals surface area contributed by atoms with Crippen molar-refractivity contribution < 1.29 is 8.91 Å². The van der Waals surface area contributed by atoms with E-state index in [2.05, 4.69) is 20.7 Å². The van der Waals surface area contributed by atoms with Gasteiger partial charge in [0.25, 0.3) is 0 Å². The number of rotatable bonds is 5. The average molecular weight is 336 g/mol. The molecule has 0 saturated heterocycles. The van der Waals surface area contributed by atoms with Gasteiger partial charge in [-0.1, -0.05) is 40.4 Å². The van der Waals surface area contributed by atoms with Crippen LogP contribution in [0.3, 0.4) is 0 Å². The van der Waals surface area contributed by atoms with Crippen molar-refractivity contribution in [3.63, 3.8) is 0 Å². The Hall–Kier alpha value is -1.93. The van der Waals surface area contributed by atoms with Crippen molar-refractivity contribution in [1.29, 1.82) is 0 Å². The Morgan fingerprint density at radius 1 is 1.27 bits per heavy atom. The number of hydrogen-bond acceptors (Lipinski definition) is 7. The van der Waals surface area contributed by atoms with Crippen LogP contribution in [0.25, 0.3) is 0 Å². The molecule has 0 radical (unpaired) electrons. The van der Waals surface area contributed by atoms with Gasteiger partial charge in [-0.25, -0.2) is 4.39 Å². The van der Waals surface area contributed by atoms with E-state index in [1.54, 1.807) is 30.0 Å². The Bertz CT molecular complexity index is 767. The summed E-state index contributed by atoms with van der Waals surface area (Å²) >= 11 is 2.94. The fraction of sp³-hybridized carbons (Fsp3) is 0.214. The fourth-order valence-corrected chi connectivity index (χ4v) is 3.76. The normalized spacial score (nSPS) is 10.9. The molecule has 0 fully saturated rings. The predicted octanol–water partition coefficient (Wildman–Crippen LogP) is 4.32. The Kier molecular flexibility index (Phi) is 4.39. The van der Waals surface area contributed by atoms with Crippen molar-refractivity contribution in [2.24, 2.45) is 0 Å². The summed E-state index contributed by atoms with van der Waals surface area (Å²) in [5.74, 6) is 1.22. The first-order valence-corrected chi connectivity index (χ1v) is 8.33. The quantitative estimate of drug-likeness (QED) is 0.700. The van der Waals surface area contributed by atoms with Crippen molar-refractivity contribution in [2.45, 2.75) is 23.9 Å². The first kappa shape index (κ1) is 15.0. The highest BCUT2D eigenvalue weighted by molar-refractivity contribution is 8.00. The minimum Gasteiger partial charge on any atom is -0.361 e. The number of halogens is 1. The Morgan fingerprint density at radius 3 is 2.82 bits per heavy atom. The predicted molar refractivity (Wildman–Crippen MR) is 85.1 cm³/mol. The van der Waals surface area contributed by atoms with Crippen LogP contribution in [0, 0.1) is 19.7 Å². The zero-order valence-corrected chi connectivity index (χ0v) is 13.6. The summed E-state index contributed by atoms with van der Waals surface area (Å²) in [5, 5.41) is 15.5. The molecule has 0 bridgehead atoms. The van der Waals surface area contributed by atoms with Gasteiger partial charge in [-0.2, -0.15) is 0 Å². The molecule has 0 amide bonds. The van der Waals surface area contributed by atoms with E-state index in [0.29, 0.717) is 10.8 Å². The number of para-hydroxylation sites is 1. The van der Waals surface area contributed by atoms with Crippen molar-refractivity contribution in [3.05, 3.63) is 47.1 Å². The topological polar surface area (TPSA) is 63.8 Å². The monoisotopic (exact) mass is 336 g/mol. The van der Waals surface area contributed by atoms with E-state index in [1.807, 2.05) is 13.8 Å². The molecule has 0 aliphatic rings. The van der Waals surface area contributed by atoms with Crippen LogP contribution < -0.4 is 5.32 Å². The van der Waals surface area contributed by atoms with Gasteiger partial charge in [0.15, 0.2) is 4.34 Å². The van der Waals surface area contributed by atoms with Gasteiger partial charge >= 0.3 is 0 Å². The van der Waals surface area contributed by atoms with Gasteiger partial charge in [-0.05, 0) is 26.0 Å². The molecule has 2 aromatic heterocycles. The molecule has 1 aromatic carbocycles. The molecule has 0 saturated carbocycles. The molecular weight excluding hydrogens is 323 g/mol. The third-order valence-corrected chi connectivity index (χ3v) is 5.04. The highest BCUT2D eigenvalue weighted by Crippen LogP contribution is 2.31. The fourth-order valence-electron chi connectivity index (χ4n) is 1.84. The van der Waals surface area contributed by atoms with Crippen molar-refractivity contribution in [2.75, 3.05) is 5.32 Å². The summed E-state index contributed by atoms with van der Waals surface area (Å²) in [6, 6.07) is 6.47. The lowest BCUT2D eigenvalue weighted by Gasteiger charge is -2.01. The molecule has 3 aromatic rings.